The van der Waals surface area contributed by atoms with E-state index in [9.17, 15) is 14.4 Å². The van der Waals surface area contributed by atoms with E-state index in [0.29, 0.717) is 24.7 Å². The molecule has 9 heteroatoms. The molecular weight excluding hydrogens is 332 g/mol. The Hall–Kier alpha value is -2.16. The van der Waals surface area contributed by atoms with Crippen molar-refractivity contribution in [2.75, 3.05) is 26.0 Å². The van der Waals surface area contributed by atoms with E-state index in [1.807, 2.05) is 20.1 Å². The van der Waals surface area contributed by atoms with Gasteiger partial charge in [-0.05, 0) is 32.1 Å². The van der Waals surface area contributed by atoms with Crippen LogP contribution in [0.1, 0.15) is 23.4 Å². The van der Waals surface area contributed by atoms with Crippen molar-refractivity contribution < 1.29 is 19.1 Å². The van der Waals surface area contributed by atoms with E-state index in [-0.39, 0.29) is 6.42 Å². The van der Waals surface area contributed by atoms with Gasteiger partial charge < -0.3 is 10.1 Å². The summed E-state index contributed by atoms with van der Waals surface area (Å²) in [6.07, 6.45) is 2.48. The van der Waals surface area contributed by atoms with Crippen molar-refractivity contribution in [2.24, 2.45) is 0 Å². The largest absolute Gasteiger partial charge is 0.456 e. The highest BCUT2D eigenvalue weighted by Gasteiger charge is 2.26. The second kappa shape index (κ2) is 8.09. The van der Waals surface area contributed by atoms with Crippen LogP contribution in [0.4, 0.5) is 4.79 Å². The lowest BCUT2D eigenvalue weighted by Gasteiger charge is -2.12. The molecule has 1 aliphatic heterocycles. The summed E-state index contributed by atoms with van der Waals surface area (Å²) in [4.78, 5) is 44.7. The average Bonchev–Trinajstić information content (AvgIpc) is 2.97. The second-order valence-corrected chi connectivity index (χ2v) is 6.07. The molecule has 1 N–H and O–H groups in total. The first-order valence-corrected chi connectivity index (χ1v) is 8.76. The zero-order valence-corrected chi connectivity index (χ0v) is 14.7. The number of nitrogens with one attached hydrogen (secondary N) is 1. The van der Waals surface area contributed by atoms with Gasteiger partial charge in [-0.25, -0.2) is 14.8 Å². The van der Waals surface area contributed by atoms with Crippen LogP contribution in [-0.2, 0) is 20.7 Å². The van der Waals surface area contributed by atoms with Crippen LogP contribution in [0.25, 0.3) is 0 Å². The van der Waals surface area contributed by atoms with Crippen LogP contribution in [0.15, 0.2) is 5.16 Å². The van der Waals surface area contributed by atoms with Gasteiger partial charge in [0, 0.05) is 30.9 Å². The van der Waals surface area contributed by atoms with Crippen LogP contribution in [0.5, 0.6) is 0 Å². The number of hydrogen-bond donors (Lipinski definition) is 1. The van der Waals surface area contributed by atoms with E-state index < -0.39 is 24.5 Å². The Labute approximate surface area is 144 Å². The van der Waals surface area contributed by atoms with Gasteiger partial charge in [0.1, 0.15) is 0 Å². The number of esters is 1. The van der Waals surface area contributed by atoms with Gasteiger partial charge in [-0.3, -0.25) is 14.5 Å². The Morgan fingerprint density at radius 1 is 1.29 bits per heavy atom. The molecular formula is C15H20N4O4S. The lowest BCUT2D eigenvalue weighted by molar-refractivity contribution is -0.150. The molecule has 0 unspecified atom stereocenters. The molecule has 8 nitrogen and oxygen atoms in total. The average molecular weight is 352 g/mol. The molecule has 24 heavy (non-hydrogen) atoms. The SMILES string of the molecule is CSc1nc(C)c(CCC(=O)OCC(=O)N2CCNC2=O)c(C)n1. The molecule has 1 aromatic rings. The van der Waals surface area contributed by atoms with Gasteiger partial charge in [0.25, 0.3) is 5.91 Å². The quantitative estimate of drug-likeness (QED) is 0.460. The number of aromatic nitrogens is 2. The number of carbonyl (C=O) groups excluding carboxylic acids is 3. The van der Waals surface area contributed by atoms with E-state index >= 15 is 0 Å². The molecule has 1 fully saturated rings. The first kappa shape index (κ1) is 18.2. The zero-order valence-electron chi connectivity index (χ0n) is 13.9. The Balaban J connectivity index is 1.83. The van der Waals surface area contributed by atoms with Crippen LogP contribution in [0.3, 0.4) is 0 Å². The molecule has 0 bridgehead atoms. The molecule has 130 valence electrons. The van der Waals surface area contributed by atoms with Gasteiger partial charge in [-0.2, -0.15) is 0 Å². The van der Waals surface area contributed by atoms with Crippen molar-refractivity contribution in [1.29, 1.82) is 0 Å². The molecule has 0 aromatic carbocycles. The van der Waals surface area contributed by atoms with Crippen LogP contribution >= 0.6 is 11.8 Å². The number of ether oxygens (including phenoxy) is 1. The molecule has 0 radical (unpaired) electrons. The fraction of sp³-hybridized carbons (Fsp3) is 0.533. The van der Waals surface area contributed by atoms with Gasteiger partial charge in [0.15, 0.2) is 11.8 Å². The highest BCUT2D eigenvalue weighted by atomic mass is 32.2. The number of amides is 3. The number of rotatable bonds is 6. The van der Waals surface area contributed by atoms with Crippen molar-refractivity contribution >= 4 is 29.7 Å². The third kappa shape index (κ3) is 4.44. The molecule has 1 aromatic heterocycles. The van der Waals surface area contributed by atoms with Gasteiger partial charge in [0.05, 0.1) is 0 Å². The minimum absolute atomic E-state index is 0.128. The standard InChI is InChI=1S/C15H20N4O4S/c1-9-11(10(2)18-14(17-9)24-3)4-5-13(21)23-8-12(20)19-7-6-16-15(19)22/h4-8H2,1-3H3,(H,16,22). The first-order valence-electron chi connectivity index (χ1n) is 7.54. The lowest BCUT2D eigenvalue weighted by Crippen LogP contribution is -2.37. The monoisotopic (exact) mass is 352 g/mol. The van der Waals surface area contributed by atoms with Crippen LogP contribution in [0, 0.1) is 13.8 Å². The molecule has 1 saturated heterocycles. The number of urea groups is 1. The number of nitrogens with zero attached hydrogens (tertiary/aromatic N) is 3. The van der Waals surface area contributed by atoms with Crippen molar-refractivity contribution in [2.45, 2.75) is 31.8 Å². The Morgan fingerprint density at radius 3 is 2.50 bits per heavy atom. The maximum atomic E-state index is 11.8. The van der Waals surface area contributed by atoms with E-state index in [4.69, 9.17) is 4.74 Å². The fourth-order valence-electron chi connectivity index (χ4n) is 2.39. The van der Waals surface area contributed by atoms with Crippen molar-refractivity contribution in [3.05, 3.63) is 17.0 Å². The fourth-order valence-corrected chi connectivity index (χ4v) is 2.85. The molecule has 0 atom stereocenters. The minimum Gasteiger partial charge on any atom is -0.456 e. The third-order valence-corrected chi connectivity index (χ3v) is 4.22. The Morgan fingerprint density at radius 2 is 1.96 bits per heavy atom. The third-order valence-electron chi connectivity index (χ3n) is 3.68. The number of imide groups is 1. The normalized spacial score (nSPS) is 13.8. The summed E-state index contributed by atoms with van der Waals surface area (Å²) in [5.41, 5.74) is 2.59. The van der Waals surface area contributed by atoms with Crippen molar-refractivity contribution in [3.8, 4) is 0 Å². The van der Waals surface area contributed by atoms with Gasteiger partial charge >= 0.3 is 12.0 Å². The highest BCUT2D eigenvalue weighted by molar-refractivity contribution is 7.98. The summed E-state index contributed by atoms with van der Waals surface area (Å²) in [6, 6.07) is -0.451. The molecule has 2 rings (SSSR count). The van der Waals surface area contributed by atoms with Crippen LogP contribution in [0.2, 0.25) is 0 Å². The first-order chi connectivity index (χ1) is 11.4. The molecule has 1 aliphatic rings. The minimum atomic E-state index is -0.515. The van der Waals surface area contributed by atoms with Gasteiger partial charge in [0.2, 0.25) is 0 Å². The van der Waals surface area contributed by atoms with Gasteiger partial charge in [-0.15, -0.1) is 0 Å². The van der Waals surface area contributed by atoms with E-state index in [2.05, 4.69) is 15.3 Å². The highest BCUT2D eigenvalue weighted by Crippen LogP contribution is 2.17. The zero-order chi connectivity index (χ0) is 17.7. The Bertz CT molecular complexity index is 642. The maximum absolute atomic E-state index is 11.8. The van der Waals surface area contributed by atoms with Crippen LogP contribution < -0.4 is 5.32 Å². The molecule has 2 heterocycles. The summed E-state index contributed by atoms with van der Waals surface area (Å²) >= 11 is 1.47. The maximum Gasteiger partial charge on any atom is 0.324 e. The van der Waals surface area contributed by atoms with Gasteiger partial charge in [-0.1, -0.05) is 11.8 Å². The van der Waals surface area contributed by atoms with E-state index in [0.717, 1.165) is 21.9 Å². The van der Waals surface area contributed by atoms with E-state index in [1.165, 1.54) is 11.8 Å². The number of aryl methyl sites for hydroxylation is 2. The smallest absolute Gasteiger partial charge is 0.324 e. The topological polar surface area (TPSA) is 101 Å². The molecule has 0 aliphatic carbocycles. The summed E-state index contributed by atoms with van der Waals surface area (Å²) in [5, 5.41) is 3.22. The summed E-state index contributed by atoms with van der Waals surface area (Å²) in [6.45, 7) is 4.05. The van der Waals surface area contributed by atoms with Crippen molar-refractivity contribution in [1.82, 2.24) is 20.2 Å². The number of hydrogen-bond acceptors (Lipinski definition) is 7. The lowest BCUT2D eigenvalue weighted by atomic mass is 10.1. The molecule has 0 spiro atoms. The number of thioether (sulfide) groups is 1. The summed E-state index contributed by atoms with van der Waals surface area (Å²) in [5.74, 6) is -1.01. The summed E-state index contributed by atoms with van der Waals surface area (Å²) < 4.78 is 4.96. The predicted molar refractivity (Wildman–Crippen MR) is 87.7 cm³/mol. The van der Waals surface area contributed by atoms with Crippen LogP contribution in [-0.4, -0.2) is 58.7 Å². The van der Waals surface area contributed by atoms with Crippen molar-refractivity contribution in [3.63, 3.8) is 0 Å². The number of carbonyl (C=O) groups is 3. The second-order valence-electron chi connectivity index (χ2n) is 5.30. The predicted octanol–water partition coefficient (Wildman–Crippen LogP) is 0.843. The Kier molecular flexibility index (Phi) is 6.13. The molecule has 0 saturated carbocycles. The molecule has 3 amide bonds. The van der Waals surface area contributed by atoms with E-state index in [1.54, 1.807) is 0 Å². The summed E-state index contributed by atoms with van der Waals surface area (Å²) in [7, 11) is 0.